The van der Waals surface area contributed by atoms with Gasteiger partial charge in [-0.1, -0.05) is 146 Å². The second-order valence-electron chi connectivity index (χ2n) is 16.3. The van der Waals surface area contributed by atoms with Crippen molar-refractivity contribution in [3.63, 3.8) is 0 Å². The molecule has 0 bridgehead atoms. The van der Waals surface area contributed by atoms with Crippen LogP contribution in [0.2, 0.25) is 0 Å². The van der Waals surface area contributed by atoms with E-state index in [9.17, 15) is 0 Å². The van der Waals surface area contributed by atoms with E-state index in [-0.39, 0.29) is 0 Å². The monoisotopic (exact) mass is 820 g/mol. The highest BCUT2D eigenvalue weighted by atomic mass is 32.1. The first kappa shape index (κ1) is 34.5. The Labute approximate surface area is 363 Å². The van der Waals surface area contributed by atoms with Crippen LogP contribution in [-0.2, 0) is 0 Å². The predicted octanol–water partition coefficient (Wildman–Crippen LogP) is 15.7. The molecule has 0 spiro atoms. The van der Waals surface area contributed by atoms with Crippen LogP contribution in [0.15, 0.2) is 199 Å². The van der Waals surface area contributed by atoms with Crippen molar-refractivity contribution in [3.05, 3.63) is 194 Å². The number of hydrogen-bond acceptors (Lipinski definition) is 5. The number of thiophene rings is 1. The number of hydrogen-bond donors (Lipinski definition) is 0. The first-order valence-electron chi connectivity index (χ1n) is 21.2. The van der Waals surface area contributed by atoms with Crippen molar-refractivity contribution in [2.45, 2.75) is 0 Å². The van der Waals surface area contributed by atoms with Gasteiger partial charge >= 0.3 is 0 Å². The molecule has 0 aliphatic rings. The maximum absolute atomic E-state index is 6.74. The van der Waals surface area contributed by atoms with E-state index in [4.69, 9.17) is 19.4 Å². The number of rotatable bonds is 4. The number of aromatic nitrogens is 4. The van der Waals surface area contributed by atoms with Crippen molar-refractivity contribution < 1.29 is 4.42 Å². The average molecular weight is 821 g/mol. The summed E-state index contributed by atoms with van der Waals surface area (Å²) in [4.78, 5) is 15.5. The number of nitrogens with zero attached hydrogens (tertiary/aromatic N) is 4. The summed E-state index contributed by atoms with van der Waals surface area (Å²) in [5.41, 5.74) is 7.99. The van der Waals surface area contributed by atoms with E-state index < -0.39 is 0 Å². The maximum atomic E-state index is 6.74. The molecule has 0 saturated carbocycles. The van der Waals surface area contributed by atoms with Gasteiger partial charge in [-0.25, -0.2) is 15.0 Å². The van der Waals surface area contributed by atoms with E-state index in [0.29, 0.717) is 17.5 Å². The van der Waals surface area contributed by atoms with Crippen LogP contribution in [0.1, 0.15) is 0 Å². The van der Waals surface area contributed by atoms with Gasteiger partial charge in [0, 0.05) is 58.4 Å². The molecule has 14 aromatic rings. The van der Waals surface area contributed by atoms with E-state index >= 15 is 0 Å². The molecule has 0 atom stereocenters. The summed E-state index contributed by atoms with van der Waals surface area (Å²) in [5, 5.41) is 14.1. The van der Waals surface area contributed by atoms with Gasteiger partial charge in [-0.2, -0.15) is 0 Å². The normalized spacial score (nSPS) is 12.1. The molecule has 14 rings (SSSR count). The zero-order chi connectivity index (χ0) is 41.2. The summed E-state index contributed by atoms with van der Waals surface area (Å²) in [6, 6.07) is 69.1. The van der Waals surface area contributed by atoms with Crippen LogP contribution in [0.5, 0.6) is 0 Å². The van der Waals surface area contributed by atoms with Gasteiger partial charge in [0.1, 0.15) is 11.2 Å². The molecule has 0 radical (unpaired) electrons. The van der Waals surface area contributed by atoms with Crippen molar-refractivity contribution in [2.75, 3.05) is 0 Å². The minimum atomic E-state index is 0.626. The Balaban J connectivity index is 1.01. The lowest BCUT2D eigenvalue weighted by atomic mass is 10.00. The molecule has 0 N–H and O–H groups in total. The van der Waals surface area contributed by atoms with Crippen molar-refractivity contribution in [3.8, 4) is 39.9 Å². The van der Waals surface area contributed by atoms with Gasteiger partial charge in [0.2, 0.25) is 0 Å². The SMILES string of the molecule is c1ccc(-c2nc(-c3ccc4c(ccc5oc6cccc(-n7c8cc9ccccc9cc8c8ccc9ccccc9c87)c6c54)c3)nc(-c3cccc4c3sc3ccccc34)n2)cc1. The molecule has 0 fully saturated rings. The third kappa shape index (κ3) is 5.13. The topological polar surface area (TPSA) is 56.7 Å². The maximum Gasteiger partial charge on any atom is 0.165 e. The van der Waals surface area contributed by atoms with Crippen LogP contribution < -0.4 is 0 Å². The highest BCUT2D eigenvalue weighted by molar-refractivity contribution is 7.26. The quantitative estimate of drug-likeness (QED) is 0.177. The van der Waals surface area contributed by atoms with Crippen LogP contribution in [0.4, 0.5) is 0 Å². The summed E-state index contributed by atoms with van der Waals surface area (Å²) in [7, 11) is 0. The Morgan fingerprint density at radius 2 is 1.08 bits per heavy atom. The molecule has 4 heterocycles. The van der Waals surface area contributed by atoms with Gasteiger partial charge in [-0.3, -0.25) is 0 Å². The second-order valence-corrected chi connectivity index (χ2v) is 17.4. The van der Waals surface area contributed by atoms with Crippen LogP contribution in [0.25, 0.3) is 136 Å². The number of fused-ring (bicyclic) bond motifs is 14. The molecule has 0 aliphatic heterocycles. The van der Waals surface area contributed by atoms with Crippen LogP contribution in [0, 0.1) is 0 Å². The van der Waals surface area contributed by atoms with Gasteiger partial charge in [-0.05, 0) is 75.5 Å². The van der Waals surface area contributed by atoms with Crippen molar-refractivity contribution >= 4 is 108 Å². The van der Waals surface area contributed by atoms with Crippen LogP contribution in [-0.4, -0.2) is 19.5 Å². The number of furan rings is 1. The Bertz CT molecular complexity index is 4220. The van der Waals surface area contributed by atoms with Gasteiger partial charge in [0.25, 0.3) is 0 Å². The van der Waals surface area contributed by atoms with E-state index in [0.717, 1.165) is 60.6 Å². The van der Waals surface area contributed by atoms with Gasteiger partial charge in [0.15, 0.2) is 17.5 Å². The largest absolute Gasteiger partial charge is 0.456 e. The molecule has 0 amide bonds. The zero-order valence-corrected chi connectivity index (χ0v) is 34.4. The molecular weight excluding hydrogens is 789 g/mol. The third-order valence-corrected chi connectivity index (χ3v) is 14.0. The average Bonchev–Trinajstić information content (AvgIpc) is 4.03. The smallest absolute Gasteiger partial charge is 0.165 e. The summed E-state index contributed by atoms with van der Waals surface area (Å²) in [5.74, 6) is 1.92. The molecule has 0 unspecified atom stereocenters. The van der Waals surface area contributed by atoms with E-state index in [2.05, 4.69) is 180 Å². The van der Waals surface area contributed by atoms with Crippen molar-refractivity contribution in [2.24, 2.45) is 0 Å². The molecule has 5 nitrogen and oxygen atoms in total. The Morgan fingerprint density at radius 1 is 0.397 bits per heavy atom. The lowest BCUT2D eigenvalue weighted by Crippen LogP contribution is -2.00. The fraction of sp³-hybridized carbons (Fsp3) is 0. The highest BCUT2D eigenvalue weighted by Crippen LogP contribution is 2.45. The number of benzene rings is 10. The summed E-state index contributed by atoms with van der Waals surface area (Å²) in [6.45, 7) is 0. The van der Waals surface area contributed by atoms with Crippen molar-refractivity contribution in [1.82, 2.24) is 19.5 Å². The zero-order valence-electron chi connectivity index (χ0n) is 33.6. The lowest BCUT2D eigenvalue weighted by Gasteiger charge is -2.12. The predicted molar refractivity (Wildman–Crippen MR) is 263 cm³/mol. The van der Waals surface area contributed by atoms with Gasteiger partial charge < -0.3 is 8.98 Å². The van der Waals surface area contributed by atoms with E-state index in [1.165, 1.54) is 58.0 Å². The molecule has 10 aromatic carbocycles. The van der Waals surface area contributed by atoms with Gasteiger partial charge in [0.05, 0.1) is 22.1 Å². The fourth-order valence-corrected chi connectivity index (χ4v) is 11.1. The molecule has 0 saturated heterocycles. The summed E-state index contributed by atoms with van der Waals surface area (Å²) < 4.78 is 11.6. The van der Waals surface area contributed by atoms with Gasteiger partial charge in [-0.15, -0.1) is 11.3 Å². The first-order valence-corrected chi connectivity index (χ1v) is 22.0. The Hall–Kier alpha value is -8.19. The standard InChI is InChI=1S/C57H32N4OS/c1-2-13-34(14-3-1)55-58-56(60-57(59-55)44-20-10-19-43-41-18-8-9-23-50(41)63-54(43)44)38-25-27-39-37(30-38)26-29-49-51(39)52-46(21-11-22-48(52)62-49)61-47-32-36-16-5-4-15-35(36)31-45(47)42-28-24-33-12-6-7-17-40(33)53(42)61/h1-32H. The minimum absolute atomic E-state index is 0.626. The summed E-state index contributed by atoms with van der Waals surface area (Å²) in [6.07, 6.45) is 0. The molecule has 0 aliphatic carbocycles. The molecule has 6 heteroatoms. The van der Waals surface area contributed by atoms with E-state index in [1.54, 1.807) is 11.3 Å². The van der Waals surface area contributed by atoms with Crippen LogP contribution >= 0.6 is 11.3 Å². The fourth-order valence-electron chi connectivity index (χ4n) is 9.93. The molecule has 292 valence electrons. The molecular formula is C57H32N4OS. The van der Waals surface area contributed by atoms with E-state index in [1.807, 2.05) is 18.2 Å². The molecule has 4 aromatic heterocycles. The Morgan fingerprint density at radius 3 is 1.97 bits per heavy atom. The Kier molecular flexibility index (Phi) is 7.21. The molecule has 63 heavy (non-hydrogen) atoms. The minimum Gasteiger partial charge on any atom is -0.456 e. The first-order chi connectivity index (χ1) is 31.2. The third-order valence-electron chi connectivity index (χ3n) is 12.8. The van der Waals surface area contributed by atoms with Crippen molar-refractivity contribution in [1.29, 1.82) is 0 Å². The second kappa shape index (κ2) is 13.2. The highest BCUT2D eigenvalue weighted by Gasteiger charge is 2.22. The van der Waals surface area contributed by atoms with Crippen LogP contribution in [0.3, 0.4) is 0 Å². The lowest BCUT2D eigenvalue weighted by molar-refractivity contribution is 0.669. The summed E-state index contributed by atoms with van der Waals surface area (Å²) >= 11 is 1.78.